The standard InChI is InChI=1S/C20H21ClN2O3/c21-16-8-6-14(7-9-16)12-22-18(25)17(13-24)23-19(26)20(10-11-20)15-4-2-1-3-5-15/h1-9,17,24H,10-13H2,(H,22,25)(H,23,26)/t17-/m0/s1. The zero-order chi connectivity index (χ0) is 18.6. The monoisotopic (exact) mass is 372 g/mol. The van der Waals surface area contributed by atoms with Crippen LogP contribution in [0.15, 0.2) is 54.6 Å². The molecule has 1 fully saturated rings. The van der Waals surface area contributed by atoms with Gasteiger partial charge in [-0.25, -0.2) is 0 Å². The molecule has 6 heteroatoms. The lowest BCUT2D eigenvalue weighted by atomic mass is 9.94. The molecule has 0 bridgehead atoms. The summed E-state index contributed by atoms with van der Waals surface area (Å²) in [7, 11) is 0. The molecule has 5 nitrogen and oxygen atoms in total. The average molecular weight is 373 g/mol. The normalized spacial score (nSPS) is 15.8. The predicted octanol–water partition coefficient (Wildman–Crippen LogP) is 2.17. The fourth-order valence-electron chi connectivity index (χ4n) is 2.93. The number of amides is 2. The number of aliphatic hydroxyl groups excluding tert-OH is 1. The fraction of sp³-hybridized carbons (Fsp3) is 0.300. The zero-order valence-corrected chi connectivity index (χ0v) is 15.0. The molecule has 3 N–H and O–H groups in total. The Morgan fingerprint density at radius 1 is 1.08 bits per heavy atom. The van der Waals surface area contributed by atoms with Crippen LogP contribution in [0.2, 0.25) is 5.02 Å². The quantitative estimate of drug-likeness (QED) is 0.697. The smallest absolute Gasteiger partial charge is 0.245 e. The van der Waals surface area contributed by atoms with Gasteiger partial charge in [0.05, 0.1) is 12.0 Å². The third-order valence-electron chi connectivity index (χ3n) is 4.70. The van der Waals surface area contributed by atoms with Crippen LogP contribution >= 0.6 is 11.6 Å². The van der Waals surface area contributed by atoms with Crippen molar-refractivity contribution in [3.8, 4) is 0 Å². The maximum Gasteiger partial charge on any atom is 0.245 e. The lowest BCUT2D eigenvalue weighted by Crippen LogP contribution is -2.51. The highest BCUT2D eigenvalue weighted by atomic mass is 35.5. The van der Waals surface area contributed by atoms with Gasteiger partial charge in [0.15, 0.2) is 0 Å². The van der Waals surface area contributed by atoms with E-state index in [9.17, 15) is 14.7 Å². The van der Waals surface area contributed by atoms with E-state index in [1.54, 1.807) is 12.1 Å². The van der Waals surface area contributed by atoms with Crippen molar-refractivity contribution in [1.82, 2.24) is 10.6 Å². The molecule has 3 rings (SSSR count). The molecule has 26 heavy (non-hydrogen) atoms. The van der Waals surface area contributed by atoms with Gasteiger partial charge < -0.3 is 15.7 Å². The van der Waals surface area contributed by atoms with Gasteiger partial charge >= 0.3 is 0 Å². The Bertz CT molecular complexity index is 773. The van der Waals surface area contributed by atoms with Crippen LogP contribution in [0.25, 0.3) is 0 Å². The van der Waals surface area contributed by atoms with Crippen LogP contribution in [0.4, 0.5) is 0 Å². The van der Waals surface area contributed by atoms with Crippen LogP contribution in [-0.4, -0.2) is 29.6 Å². The first-order valence-electron chi connectivity index (χ1n) is 8.55. The van der Waals surface area contributed by atoms with Crippen molar-refractivity contribution in [2.45, 2.75) is 30.8 Å². The predicted molar refractivity (Wildman–Crippen MR) is 99.7 cm³/mol. The van der Waals surface area contributed by atoms with E-state index in [4.69, 9.17) is 11.6 Å². The molecule has 0 spiro atoms. The lowest BCUT2D eigenvalue weighted by Gasteiger charge is -2.21. The molecule has 2 amide bonds. The van der Waals surface area contributed by atoms with Crippen LogP contribution in [-0.2, 0) is 21.5 Å². The molecule has 2 aromatic rings. The summed E-state index contributed by atoms with van der Waals surface area (Å²) in [6.45, 7) is -0.157. The van der Waals surface area contributed by atoms with Crippen LogP contribution in [0.3, 0.4) is 0 Å². The van der Waals surface area contributed by atoms with E-state index in [0.29, 0.717) is 11.6 Å². The van der Waals surface area contributed by atoms with Crippen LogP contribution < -0.4 is 10.6 Å². The van der Waals surface area contributed by atoms with Crippen molar-refractivity contribution in [1.29, 1.82) is 0 Å². The Morgan fingerprint density at radius 3 is 2.31 bits per heavy atom. The van der Waals surface area contributed by atoms with E-state index in [2.05, 4.69) is 10.6 Å². The molecular weight excluding hydrogens is 352 g/mol. The summed E-state index contributed by atoms with van der Waals surface area (Å²) in [5, 5.41) is 15.6. The number of benzene rings is 2. The van der Waals surface area contributed by atoms with Crippen molar-refractivity contribution < 1.29 is 14.7 Å². The van der Waals surface area contributed by atoms with E-state index < -0.39 is 24.0 Å². The lowest BCUT2D eigenvalue weighted by molar-refractivity contribution is -0.131. The zero-order valence-electron chi connectivity index (χ0n) is 14.2. The third-order valence-corrected chi connectivity index (χ3v) is 4.95. The van der Waals surface area contributed by atoms with Gasteiger partial charge in [0.2, 0.25) is 11.8 Å². The second-order valence-electron chi connectivity index (χ2n) is 6.50. The first-order valence-corrected chi connectivity index (χ1v) is 8.92. The van der Waals surface area contributed by atoms with Gasteiger partial charge in [0, 0.05) is 11.6 Å². The highest BCUT2D eigenvalue weighted by Gasteiger charge is 2.51. The molecule has 1 saturated carbocycles. The van der Waals surface area contributed by atoms with E-state index >= 15 is 0 Å². The van der Waals surface area contributed by atoms with E-state index in [1.807, 2.05) is 42.5 Å². The number of aliphatic hydroxyl groups is 1. The Hall–Kier alpha value is -2.37. The summed E-state index contributed by atoms with van der Waals surface area (Å²) in [4.78, 5) is 25.0. The first kappa shape index (κ1) is 18.4. The molecule has 1 aliphatic rings. The van der Waals surface area contributed by atoms with E-state index in [-0.39, 0.29) is 5.91 Å². The Balaban J connectivity index is 1.59. The molecule has 0 aliphatic heterocycles. The molecule has 136 valence electrons. The summed E-state index contributed by atoms with van der Waals surface area (Å²) < 4.78 is 0. The number of carbonyl (C=O) groups excluding carboxylic acids is 2. The minimum absolute atomic E-state index is 0.218. The maximum absolute atomic E-state index is 12.7. The van der Waals surface area contributed by atoms with Crippen molar-refractivity contribution in [2.24, 2.45) is 0 Å². The third kappa shape index (κ3) is 4.06. The van der Waals surface area contributed by atoms with Crippen molar-refractivity contribution in [3.05, 3.63) is 70.7 Å². The van der Waals surface area contributed by atoms with Gasteiger partial charge in [-0.3, -0.25) is 9.59 Å². The Morgan fingerprint density at radius 2 is 1.73 bits per heavy atom. The highest BCUT2D eigenvalue weighted by Crippen LogP contribution is 2.48. The highest BCUT2D eigenvalue weighted by molar-refractivity contribution is 6.30. The maximum atomic E-state index is 12.7. The molecule has 0 saturated heterocycles. The largest absolute Gasteiger partial charge is 0.394 e. The second kappa shape index (κ2) is 7.89. The van der Waals surface area contributed by atoms with Gasteiger partial charge in [-0.15, -0.1) is 0 Å². The summed E-state index contributed by atoms with van der Waals surface area (Å²) in [6.07, 6.45) is 1.49. The molecule has 0 radical (unpaired) electrons. The Labute approximate surface area is 157 Å². The van der Waals surface area contributed by atoms with Crippen LogP contribution in [0.5, 0.6) is 0 Å². The molecule has 0 unspecified atom stereocenters. The minimum atomic E-state index is -0.976. The molecular formula is C20H21ClN2O3. The van der Waals surface area contributed by atoms with E-state index in [1.165, 1.54) is 0 Å². The molecule has 1 aliphatic carbocycles. The molecule has 0 heterocycles. The van der Waals surface area contributed by atoms with E-state index in [0.717, 1.165) is 24.0 Å². The minimum Gasteiger partial charge on any atom is -0.394 e. The number of halogens is 1. The molecule has 1 atom stereocenters. The fourth-order valence-corrected chi connectivity index (χ4v) is 3.06. The number of nitrogens with one attached hydrogen (secondary N) is 2. The summed E-state index contributed by atoms with van der Waals surface area (Å²) in [5.74, 6) is -0.635. The topological polar surface area (TPSA) is 78.4 Å². The van der Waals surface area contributed by atoms with Gasteiger partial charge in [-0.05, 0) is 36.1 Å². The van der Waals surface area contributed by atoms with Crippen molar-refractivity contribution in [2.75, 3.05) is 6.61 Å². The first-order chi connectivity index (χ1) is 12.5. The second-order valence-corrected chi connectivity index (χ2v) is 6.94. The number of hydrogen-bond acceptors (Lipinski definition) is 3. The Kier molecular flexibility index (Phi) is 5.59. The van der Waals surface area contributed by atoms with Gasteiger partial charge in [-0.2, -0.15) is 0 Å². The van der Waals surface area contributed by atoms with Crippen LogP contribution in [0, 0.1) is 0 Å². The molecule has 2 aromatic carbocycles. The van der Waals surface area contributed by atoms with Crippen molar-refractivity contribution >= 4 is 23.4 Å². The van der Waals surface area contributed by atoms with Gasteiger partial charge in [0.25, 0.3) is 0 Å². The molecule has 0 aromatic heterocycles. The van der Waals surface area contributed by atoms with Gasteiger partial charge in [-0.1, -0.05) is 54.1 Å². The number of hydrogen-bond donors (Lipinski definition) is 3. The number of rotatable bonds is 7. The SMILES string of the molecule is O=C(NCc1ccc(Cl)cc1)[C@H](CO)NC(=O)C1(c2ccccc2)CC1. The average Bonchev–Trinajstić information content (AvgIpc) is 3.48. The van der Waals surface area contributed by atoms with Gasteiger partial charge in [0.1, 0.15) is 6.04 Å². The van der Waals surface area contributed by atoms with Crippen LogP contribution in [0.1, 0.15) is 24.0 Å². The summed E-state index contributed by atoms with van der Waals surface area (Å²) in [6, 6.07) is 15.6. The summed E-state index contributed by atoms with van der Waals surface area (Å²) in [5.41, 5.74) is 1.25. The van der Waals surface area contributed by atoms with Crippen molar-refractivity contribution in [3.63, 3.8) is 0 Å². The summed E-state index contributed by atoms with van der Waals surface area (Å²) >= 11 is 5.84. The number of carbonyl (C=O) groups is 2.